The van der Waals surface area contributed by atoms with E-state index >= 15 is 0 Å². The van der Waals surface area contributed by atoms with Crippen LogP contribution in [0.25, 0.3) is 0 Å². The molecule has 3 aliphatic heterocycles. The largest absolute Gasteiger partial charge is 0.508 e. The van der Waals surface area contributed by atoms with Crippen molar-refractivity contribution in [1.29, 1.82) is 0 Å². The lowest BCUT2D eigenvalue weighted by atomic mass is 9.97. The lowest BCUT2D eigenvalue weighted by Crippen LogP contribution is -2.42. The van der Waals surface area contributed by atoms with Crippen molar-refractivity contribution in [2.45, 2.75) is 45.3 Å². The molecule has 0 spiro atoms. The van der Waals surface area contributed by atoms with Gasteiger partial charge in [0.2, 0.25) is 5.84 Å². The number of amides is 1. The number of benzene rings is 2. The number of likely N-dealkylation sites (tertiary alicyclic amines) is 1. The number of aromatic hydroxyl groups is 2. The van der Waals surface area contributed by atoms with Crippen molar-refractivity contribution in [3.63, 3.8) is 0 Å². The Balaban J connectivity index is 1.50. The van der Waals surface area contributed by atoms with Crippen LogP contribution in [0.2, 0.25) is 0 Å². The van der Waals surface area contributed by atoms with Gasteiger partial charge >= 0.3 is 0 Å². The smallest absolute Gasteiger partial charge is 0.286 e. The van der Waals surface area contributed by atoms with Crippen molar-refractivity contribution >= 4 is 17.4 Å². The predicted molar refractivity (Wildman–Crippen MR) is 151 cm³/mol. The quantitative estimate of drug-likeness (QED) is 0.448. The lowest BCUT2D eigenvalue weighted by molar-refractivity contribution is -0.112. The van der Waals surface area contributed by atoms with Crippen LogP contribution in [0.4, 0.5) is 5.69 Å². The van der Waals surface area contributed by atoms with Crippen LogP contribution >= 0.6 is 0 Å². The summed E-state index contributed by atoms with van der Waals surface area (Å²) in [4.78, 5) is 19.3. The molecule has 1 unspecified atom stereocenters. The van der Waals surface area contributed by atoms with Crippen LogP contribution in [0.3, 0.4) is 0 Å². The summed E-state index contributed by atoms with van der Waals surface area (Å²) in [5.41, 5.74) is 9.07. The van der Waals surface area contributed by atoms with Crippen LogP contribution in [0, 0.1) is 0 Å². The van der Waals surface area contributed by atoms with Crippen LogP contribution in [0.1, 0.15) is 55.5 Å². The van der Waals surface area contributed by atoms with Crippen molar-refractivity contribution in [2.75, 3.05) is 57.4 Å². The fourth-order valence-corrected chi connectivity index (χ4v) is 5.69. The number of carbonyl (C=O) groups excluding carboxylic acids is 1. The number of nitrogens with two attached hydrogens (primary N) is 1. The molecular formula is C29H40N6O4. The first kappa shape index (κ1) is 27.2. The molecule has 4 N–H and O–H groups in total. The van der Waals surface area contributed by atoms with Gasteiger partial charge in [-0.05, 0) is 61.2 Å². The van der Waals surface area contributed by atoms with E-state index < -0.39 is 12.1 Å². The van der Waals surface area contributed by atoms with E-state index in [-0.39, 0.29) is 23.3 Å². The number of phenols is 2. The summed E-state index contributed by atoms with van der Waals surface area (Å²) in [6, 6.07) is 11.3. The molecule has 2 saturated heterocycles. The maximum Gasteiger partial charge on any atom is 0.286 e. The Morgan fingerprint density at radius 2 is 1.69 bits per heavy atom. The average molecular weight is 537 g/mol. The summed E-state index contributed by atoms with van der Waals surface area (Å²) >= 11 is 0. The molecule has 3 heterocycles. The van der Waals surface area contributed by atoms with E-state index in [9.17, 15) is 15.0 Å². The van der Waals surface area contributed by atoms with Gasteiger partial charge in [0.25, 0.3) is 5.91 Å². The third-order valence-electron chi connectivity index (χ3n) is 7.84. The van der Waals surface area contributed by atoms with Crippen LogP contribution < -0.4 is 10.6 Å². The number of ether oxygens (including phenoxy) is 1. The van der Waals surface area contributed by atoms with E-state index in [0.717, 1.165) is 69.3 Å². The molecule has 10 heteroatoms. The van der Waals surface area contributed by atoms with Gasteiger partial charge in [-0.25, -0.2) is 0 Å². The Morgan fingerprint density at radius 1 is 1.00 bits per heavy atom. The molecule has 0 aliphatic carbocycles. The Kier molecular flexibility index (Phi) is 8.25. The zero-order valence-electron chi connectivity index (χ0n) is 22.9. The second kappa shape index (κ2) is 11.8. The number of amidine groups is 1. The number of hydrogen-bond donors (Lipinski definition) is 3. The zero-order chi connectivity index (χ0) is 27.5. The molecule has 0 bridgehead atoms. The van der Waals surface area contributed by atoms with E-state index in [1.807, 2.05) is 37.1 Å². The minimum Gasteiger partial charge on any atom is -0.508 e. The van der Waals surface area contributed by atoms with Crippen molar-refractivity contribution in [3.05, 3.63) is 53.1 Å². The highest BCUT2D eigenvalue weighted by Gasteiger charge is 2.40. The van der Waals surface area contributed by atoms with Gasteiger partial charge in [0.15, 0.2) is 6.17 Å². The number of hydrogen-bond acceptors (Lipinski definition) is 9. The number of carbonyl (C=O) groups is 1. The topological polar surface area (TPSA) is 118 Å². The molecule has 10 nitrogen and oxygen atoms in total. The standard InChI is InChI=1S/C29H40N6O4/c1-20(2)23-17-24(26(37)18-25(23)36)29-34(12-11-32-9-3-4-10-32)31-28(27(30)38)35(29)22-7-5-21(6-8-22)19-33-13-15-39-16-14-33/h5-8,17-18,20,29,36-37H,3-4,9-16,19H2,1-2H3,(H2,30,38). The van der Waals surface area contributed by atoms with Gasteiger partial charge in [-0.3, -0.25) is 19.6 Å². The SMILES string of the molecule is CC(C)c1cc(C2N(CCN3CCCC3)N=C(C(N)=O)N2c2ccc(CN3CCOCC3)cc2)c(O)cc1O. The van der Waals surface area contributed by atoms with E-state index in [1.54, 1.807) is 4.90 Å². The Morgan fingerprint density at radius 3 is 2.33 bits per heavy atom. The monoisotopic (exact) mass is 536 g/mol. The summed E-state index contributed by atoms with van der Waals surface area (Å²) in [5.74, 6) is -0.483. The van der Waals surface area contributed by atoms with Crippen molar-refractivity contribution in [1.82, 2.24) is 14.8 Å². The number of primary amides is 1. The molecule has 2 fully saturated rings. The second-order valence-electron chi connectivity index (χ2n) is 10.9. The molecule has 0 radical (unpaired) electrons. The molecular weight excluding hydrogens is 496 g/mol. The fraction of sp³-hybridized carbons (Fsp3) is 0.517. The third-order valence-corrected chi connectivity index (χ3v) is 7.84. The van der Waals surface area contributed by atoms with E-state index in [2.05, 4.69) is 21.9 Å². The van der Waals surface area contributed by atoms with Gasteiger partial charge < -0.3 is 25.6 Å². The molecule has 1 amide bonds. The summed E-state index contributed by atoms with van der Waals surface area (Å²) in [7, 11) is 0. The molecule has 0 saturated carbocycles. The van der Waals surface area contributed by atoms with Gasteiger partial charge in [-0.15, -0.1) is 0 Å². The first-order valence-electron chi connectivity index (χ1n) is 13.9. The molecule has 1 atom stereocenters. The van der Waals surface area contributed by atoms with Gasteiger partial charge in [-0.1, -0.05) is 26.0 Å². The molecule has 2 aromatic rings. The van der Waals surface area contributed by atoms with Crippen LogP contribution in [-0.2, 0) is 16.1 Å². The van der Waals surface area contributed by atoms with E-state index in [4.69, 9.17) is 15.6 Å². The number of rotatable bonds is 9. The van der Waals surface area contributed by atoms with Crippen molar-refractivity contribution < 1.29 is 19.7 Å². The highest BCUT2D eigenvalue weighted by atomic mass is 16.5. The molecule has 0 aromatic heterocycles. The Hall–Kier alpha value is -3.34. The van der Waals surface area contributed by atoms with Crippen LogP contribution in [-0.4, -0.2) is 89.2 Å². The molecule has 2 aromatic carbocycles. The Labute approximate surface area is 230 Å². The van der Waals surface area contributed by atoms with E-state index in [0.29, 0.717) is 12.1 Å². The maximum absolute atomic E-state index is 12.7. The normalized spacial score (nSPS) is 20.7. The molecule has 39 heavy (non-hydrogen) atoms. The summed E-state index contributed by atoms with van der Waals surface area (Å²) < 4.78 is 5.47. The van der Waals surface area contributed by atoms with Gasteiger partial charge in [0.1, 0.15) is 11.5 Å². The van der Waals surface area contributed by atoms with Gasteiger partial charge in [-0.2, -0.15) is 5.10 Å². The number of hydrazone groups is 1. The number of nitrogens with zero attached hydrogens (tertiary/aromatic N) is 5. The van der Waals surface area contributed by atoms with Crippen LogP contribution in [0.5, 0.6) is 11.5 Å². The molecule has 3 aliphatic rings. The maximum atomic E-state index is 12.7. The van der Waals surface area contributed by atoms with Crippen molar-refractivity contribution in [3.8, 4) is 11.5 Å². The molecule has 5 rings (SSSR count). The summed E-state index contributed by atoms with van der Waals surface area (Å²) in [6.07, 6.45) is 1.76. The number of morpholine rings is 1. The fourth-order valence-electron chi connectivity index (χ4n) is 5.69. The highest BCUT2D eigenvalue weighted by molar-refractivity contribution is 6.43. The van der Waals surface area contributed by atoms with E-state index in [1.165, 1.54) is 18.9 Å². The first-order chi connectivity index (χ1) is 18.8. The second-order valence-corrected chi connectivity index (χ2v) is 10.9. The highest BCUT2D eigenvalue weighted by Crippen LogP contribution is 2.42. The number of phenolic OH excluding ortho intramolecular Hbond substituents is 2. The zero-order valence-corrected chi connectivity index (χ0v) is 22.9. The average Bonchev–Trinajstić information content (AvgIpc) is 3.57. The lowest BCUT2D eigenvalue weighted by Gasteiger charge is -2.33. The minimum atomic E-state index is -0.636. The molecule has 210 valence electrons. The van der Waals surface area contributed by atoms with Gasteiger partial charge in [0, 0.05) is 43.5 Å². The third kappa shape index (κ3) is 5.98. The van der Waals surface area contributed by atoms with Crippen LogP contribution in [0.15, 0.2) is 41.5 Å². The summed E-state index contributed by atoms with van der Waals surface area (Å²) in [6.45, 7) is 11.5. The summed E-state index contributed by atoms with van der Waals surface area (Å²) in [5, 5.41) is 28.1. The van der Waals surface area contributed by atoms with Gasteiger partial charge in [0.05, 0.1) is 19.8 Å². The van der Waals surface area contributed by atoms with Crippen molar-refractivity contribution in [2.24, 2.45) is 10.8 Å². The Bertz CT molecular complexity index is 1190. The minimum absolute atomic E-state index is 0.0354. The first-order valence-corrected chi connectivity index (χ1v) is 13.9. The number of anilines is 1. The predicted octanol–water partition coefficient (Wildman–Crippen LogP) is 2.77.